The predicted octanol–water partition coefficient (Wildman–Crippen LogP) is 3.84. The molecule has 1 aliphatic carbocycles. The van der Waals surface area contributed by atoms with E-state index < -0.39 is 0 Å². The highest BCUT2D eigenvalue weighted by molar-refractivity contribution is 7.80. The van der Waals surface area contributed by atoms with Gasteiger partial charge in [-0.1, -0.05) is 60.7 Å². The third-order valence-electron chi connectivity index (χ3n) is 4.04. The number of thiocarbonyl (C=S) groups is 1. The third kappa shape index (κ3) is 4.31. The molecular weight excluding hydrogens is 288 g/mol. The fourth-order valence-corrected chi connectivity index (χ4v) is 2.96. The molecule has 2 N–H and O–H groups in total. The minimum absolute atomic E-state index is 0.402. The zero-order valence-electron chi connectivity index (χ0n) is 12.7. The number of nitrogens with one attached hydrogen (secondary N) is 2. The van der Waals surface area contributed by atoms with Gasteiger partial charge in [-0.15, -0.1) is 0 Å². The highest BCUT2D eigenvalue weighted by Gasteiger charge is 2.21. The minimum Gasteiger partial charge on any atom is -0.363 e. The monoisotopic (exact) mass is 310 g/mol. The molecule has 0 aromatic heterocycles. The number of benzene rings is 2. The summed E-state index contributed by atoms with van der Waals surface area (Å²) >= 11 is 5.33. The van der Waals surface area contributed by atoms with Crippen molar-refractivity contribution in [1.82, 2.24) is 10.6 Å². The van der Waals surface area contributed by atoms with Gasteiger partial charge in [0.15, 0.2) is 5.11 Å². The van der Waals surface area contributed by atoms with E-state index in [-0.39, 0.29) is 0 Å². The van der Waals surface area contributed by atoms with Crippen molar-refractivity contribution in [2.75, 3.05) is 6.54 Å². The second kappa shape index (κ2) is 7.41. The maximum atomic E-state index is 5.33. The molecule has 0 atom stereocenters. The first-order chi connectivity index (χ1) is 10.8. The smallest absolute Gasteiger partial charge is 0.166 e. The van der Waals surface area contributed by atoms with Crippen LogP contribution in [-0.4, -0.2) is 17.7 Å². The van der Waals surface area contributed by atoms with Crippen molar-refractivity contribution in [3.63, 3.8) is 0 Å². The molecular formula is C19H22N2S. The van der Waals surface area contributed by atoms with Gasteiger partial charge in [0, 0.05) is 18.5 Å². The van der Waals surface area contributed by atoms with Crippen molar-refractivity contribution >= 4 is 17.3 Å². The van der Waals surface area contributed by atoms with Crippen LogP contribution in [0.15, 0.2) is 60.7 Å². The summed E-state index contributed by atoms with van der Waals surface area (Å²) in [5.74, 6) is 0.402. The molecule has 0 bridgehead atoms. The van der Waals surface area contributed by atoms with Crippen LogP contribution in [0, 0.1) is 0 Å². The van der Waals surface area contributed by atoms with Crippen LogP contribution in [0.1, 0.15) is 36.3 Å². The zero-order valence-corrected chi connectivity index (χ0v) is 13.5. The van der Waals surface area contributed by atoms with Crippen LogP contribution in [0.4, 0.5) is 0 Å². The Labute approximate surface area is 137 Å². The normalized spacial score (nSPS) is 13.9. The van der Waals surface area contributed by atoms with Crippen LogP contribution in [0.2, 0.25) is 0 Å². The van der Waals surface area contributed by atoms with E-state index in [1.165, 1.54) is 24.0 Å². The molecule has 1 saturated carbocycles. The minimum atomic E-state index is 0.402. The van der Waals surface area contributed by atoms with Crippen molar-refractivity contribution in [2.45, 2.75) is 31.2 Å². The maximum absolute atomic E-state index is 5.33. The van der Waals surface area contributed by atoms with Gasteiger partial charge < -0.3 is 10.6 Å². The van der Waals surface area contributed by atoms with Gasteiger partial charge >= 0.3 is 0 Å². The molecule has 0 saturated heterocycles. The lowest BCUT2D eigenvalue weighted by molar-refractivity contribution is 0.684. The molecule has 0 heterocycles. The van der Waals surface area contributed by atoms with Crippen molar-refractivity contribution in [3.8, 4) is 0 Å². The molecule has 2 nitrogen and oxygen atoms in total. The van der Waals surface area contributed by atoms with Crippen LogP contribution < -0.4 is 10.6 Å². The molecule has 2 aromatic rings. The number of hydrogen-bond donors (Lipinski definition) is 2. The zero-order chi connectivity index (χ0) is 15.2. The first kappa shape index (κ1) is 15.0. The molecule has 0 aliphatic heterocycles. The van der Waals surface area contributed by atoms with Crippen LogP contribution >= 0.6 is 12.2 Å². The summed E-state index contributed by atoms with van der Waals surface area (Å²) in [5.41, 5.74) is 2.72. The predicted molar refractivity (Wildman–Crippen MR) is 96.1 cm³/mol. The van der Waals surface area contributed by atoms with E-state index in [1.807, 2.05) is 0 Å². The van der Waals surface area contributed by atoms with E-state index in [4.69, 9.17) is 12.2 Å². The summed E-state index contributed by atoms with van der Waals surface area (Å²) in [7, 11) is 0. The molecule has 3 heteroatoms. The SMILES string of the molecule is S=C(NCCC(c1ccccc1)c1ccccc1)NC1CC1. The lowest BCUT2D eigenvalue weighted by atomic mass is 9.88. The van der Waals surface area contributed by atoms with Crippen LogP contribution in [0.5, 0.6) is 0 Å². The van der Waals surface area contributed by atoms with Gasteiger partial charge in [0.1, 0.15) is 0 Å². The largest absolute Gasteiger partial charge is 0.363 e. The lowest BCUT2D eigenvalue weighted by Crippen LogP contribution is -2.37. The van der Waals surface area contributed by atoms with E-state index in [1.54, 1.807) is 0 Å². The summed E-state index contributed by atoms with van der Waals surface area (Å²) in [6.45, 7) is 0.882. The molecule has 1 aliphatic rings. The quantitative estimate of drug-likeness (QED) is 0.793. The topological polar surface area (TPSA) is 24.1 Å². The molecule has 22 heavy (non-hydrogen) atoms. The van der Waals surface area contributed by atoms with Gasteiger partial charge in [-0.25, -0.2) is 0 Å². The summed E-state index contributed by atoms with van der Waals surface area (Å²) in [6, 6.07) is 22.0. The summed E-state index contributed by atoms with van der Waals surface area (Å²) in [4.78, 5) is 0. The fourth-order valence-electron chi connectivity index (χ4n) is 2.69. The van der Waals surface area contributed by atoms with Crippen molar-refractivity contribution < 1.29 is 0 Å². The molecule has 3 rings (SSSR count). The average Bonchev–Trinajstić information content (AvgIpc) is 3.37. The Balaban J connectivity index is 1.62. The Morgan fingerprint density at radius 2 is 1.50 bits per heavy atom. The summed E-state index contributed by atoms with van der Waals surface area (Å²) in [6.07, 6.45) is 3.53. The Morgan fingerprint density at radius 1 is 0.955 bits per heavy atom. The second-order valence-electron chi connectivity index (χ2n) is 5.84. The van der Waals surface area contributed by atoms with Gasteiger partial charge in [-0.2, -0.15) is 0 Å². The molecule has 1 fully saturated rings. The molecule has 0 radical (unpaired) electrons. The van der Waals surface area contributed by atoms with Crippen molar-refractivity contribution in [2.24, 2.45) is 0 Å². The van der Waals surface area contributed by atoms with E-state index in [9.17, 15) is 0 Å². The van der Waals surface area contributed by atoms with Crippen molar-refractivity contribution in [3.05, 3.63) is 71.8 Å². The fraction of sp³-hybridized carbons (Fsp3) is 0.316. The number of hydrogen-bond acceptors (Lipinski definition) is 1. The van der Waals surface area contributed by atoms with Crippen LogP contribution in [-0.2, 0) is 0 Å². The second-order valence-corrected chi connectivity index (χ2v) is 6.25. The first-order valence-corrected chi connectivity index (χ1v) is 8.38. The Hall–Kier alpha value is -1.87. The van der Waals surface area contributed by atoms with Crippen LogP contribution in [0.25, 0.3) is 0 Å². The Morgan fingerprint density at radius 3 is 2.00 bits per heavy atom. The highest BCUT2D eigenvalue weighted by atomic mass is 32.1. The van der Waals surface area contributed by atoms with E-state index in [2.05, 4.69) is 71.3 Å². The van der Waals surface area contributed by atoms with Gasteiger partial charge in [0.2, 0.25) is 0 Å². The standard InChI is InChI=1S/C19H22N2S/c22-19(21-17-11-12-17)20-14-13-18(15-7-3-1-4-8-15)16-9-5-2-6-10-16/h1-10,17-18H,11-14H2,(H2,20,21,22). The highest BCUT2D eigenvalue weighted by Crippen LogP contribution is 2.27. The Kier molecular flexibility index (Phi) is 5.07. The van der Waals surface area contributed by atoms with Gasteiger partial charge in [-0.3, -0.25) is 0 Å². The first-order valence-electron chi connectivity index (χ1n) is 7.97. The molecule has 0 spiro atoms. The molecule has 0 unspecified atom stereocenters. The Bertz CT molecular complexity index is 554. The van der Waals surface area contributed by atoms with Crippen molar-refractivity contribution in [1.29, 1.82) is 0 Å². The molecule has 0 amide bonds. The van der Waals surface area contributed by atoms with Gasteiger partial charge in [-0.05, 0) is 42.6 Å². The van der Waals surface area contributed by atoms with Gasteiger partial charge in [0.05, 0.1) is 0 Å². The van der Waals surface area contributed by atoms with Crippen LogP contribution in [0.3, 0.4) is 0 Å². The van der Waals surface area contributed by atoms with Gasteiger partial charge in [0.25, 0.3) is 0 Å². The summed E-state index contributed by atoms with van der Waals surface area (Å²) < 4.78 is 0. The van der Waals surface area contributed by atoms with E-state index in [0.29, 0.717) is 12.0 Å². The van der Waals surface area contributed by atoms with E-state index >= 15 is 0 Å². The molecule has 114 valence electrons. The third-order valence-corrected chi connectivity index (χ3v) is 4.30. The lowest BCUT2D eigenvalue weighted by Gasteiger charge is -2.19. The maximum Gasteiger partial charge on any atom is 0.166 e. The molecule has 2 aromatic carbocycles. The average molecular weight is 310 g/mol. The summed E-state index contributed by atoms with van der Waals surface area (Å²) in [5, 5.41) is 7.47. The number of rotatable bonds is 6. The van der Waals surface area contributed by atoms with E-state index in [0.717, 1.165) is 18.1 Å².